The molecule has 2 saturated carbocycles. The Morgan fingerprint density at radius 2 is 1.84 bits per heavy atom. The van der Waals surface area contributed by atoms with Gasteiger partial charge in [0, 0.05) is 42.4 Å². The molecule has 5 aliphatic rings. The monoisotopic (exact) mass is 618 g/mol. The van der Waals surface area contributed by atoms with E-state index in [1.165, 1.54) is 6.92 Å². The highest BCUT2D eigenvalue weighted by molar-refractivity contribution is 5.75. The van der Waals surface area contributed by atoms with Crippen molar-refractivity contribution in [3.05, 3.63) is 23.8 Å². The van der Waals surface area contributed by atoms with Gasteiger partial charge in [0.25, 0.3) is 0 Å². The average molecular weight is 619 g/mol. The molecule has 0 aromatic heterocycles. The largest absolute Gasteiger partial charge is 0.456 e. The van der Waals surface area contributed by atoms with E-state index >= 15 is 0 Å². The predicted octanol–water partition coefficient (Wildman–Crippen LogP) is 4.73. The molecule has 0 radical (unpaired) electrons. The van der Waals surface area contributed by atoms with Crippen LogP contribution < -0.4 is 0 Å². The van der Waals surface area contributed by atoms with E-state index < -0.39 is 46.5 Å². The number of esters is 2. The molecule has 13 atom stereocenters. The van der Waals surface area contributed by atoms with Gasteiger partial charge in [-0.05, 0) is 56.6 Å². The van der Waals surface area contributed by atoms with Gasteiger partial charge in [-0.15, -0.1) is 0 Å². The number of hydrogen-bond acceptors (Lipinski definition) is 9. The van der Waals surface area contributed by atoms with Crippen molar-refractivity contribution in [1.29, 1.82) is 0 Å². The van der Waals surface area contributed by atoms with Crippen LogP contribution in [0.2, 0.25) is 0 Å². The van der Waals surface area contributed by atoms with Crippen molar-refractivity contribution in [3.8, 4) is 0 Å². The SMILES string of the molecule is C=CC1O[C@H]2C[C@H]3OC[C@@]3(OC(C)=O)[C@H]3[C@H](C)[C@]4(C(C)(C)O)C[C@H](OC(=O)[C@H](O)[C@@H](C)CC(C)C)C(C)=C4[C@H](C)[C@H](O1)[C@]23C. The fourth-order valence-corrected chi connectivity index (χ4v) is 10.6. The van der Waals surface area contributed by atoms with Gasteiger partial charge in [0.05, 0.1) is 24.4 Å². The summed E-state index contributed by atoms with van der Waals surface area (Å²) in [4.78, 5) is 26.1. The van der Waals surface area contributed by atoms with E-state index in [2.05, 4.69) is 41.2 Å². The number of hydrogen-bond donors (Lipinski definition) is 2. The second-order valence-electron chi connectivity index (χ2n) is 15.6. The van der Waals surface area contributed by atoms with E-state index in [9.17, 15) is 19.8 Å². The summed E-state index contributed by atoms with van der Waals surface area (Å²) >= 11 is 0. The molecule has 2 heterocycles. The van der Waals surface area contributed by atoms with Gasteiger partial charge in [-0.1, -0.05) is 53.7 Å². The molecular weight excluding hydrogens is 564 g/mol. The van der Waals surface area contributed by atoms with E-state index in [1.807, 2.05) is 27.7 Å². The van der Waals surface area contributed by atoms with Crippen molar-refractivity contribution in [2.75, 3.05) is 6.61 Å². The Hall–Kier alpha value is -1.78. The van der Waals surface area contributed by atoms with Crippen LogP contribution in [0.25, 0.3) is 0 Å². The van der Waals surface area contributed by atoms with Crippen LogP contribution in [0.4, 0.5) is 0 Å². The summed E-state index contributed by atoms with van der Waals surface area (Å²) in [6, 6.07) is 0. The summed E-state index contributed by atoms with van der Waals surface area (Å²) in [6.45, 7) is 23.7. The Balaban J connectivity index is 1.67. The van der Waals surface area contributed by atoms with Crippen LogP contribution in [-0.4, -0.2) is 76.8 Å². The Morgan fingerprint density at radius 3 is 2.36 bits per heavy atom. The summed E-state index contributed by atoms with van der Waals surface area (Å²) in [5.41, 5.74) is -1.83. The van der Waals surface area contributed by atoms with Crippen molar-refractivity contribution in [1.82, 2.24) is 0 Å². The standard InChI is InChI=1S/C35H54O9/c1-12-26-42-24-14-25-35(16-40-25,44-22(8)36)29-21(7)34(32(9,10)39)15-23(41-31(38)28(37)18(4)13-17(2)3)19(5)27(34)20(6)30(43-26)33(24,29)11/h12,17-18,20-21,23-26,28-30,37,39H,1,13-16H2,2-11H3/t18-,20-,21-,23-,24-,25+,26?,28+,29-,30-,33+,34+,35-/m0/s1. The van der Waals surface area contributed by atoms with E-state index in [0.717, 1.165) is 11.1 Å². The Labute approximate surface area is 262 Å². The van der Waals surface area contributed by atoms with Gasteiger partial charge in [-0.3, -0.25) is 4.79 Å². The highest BCUT2D eigenvalue weighted by atomic mass is 16.7. The maximum atomic E-state index is 13.4. The molecule has 9 nitrogen and oxygen atoms in total. The van der Waals surface area contributed by atoms with Crippen molar-refractivity contribution < 1.29 is 43.5 Å². The fourth-order valence-electron chi connectivity index (χ4n) is 10.6. The minimum Gasteiger partial charge on any atom is -0.456 e. The van der Waals surface area contributed by atoms with Crippen LogP contribution in [0.3, 0.4) is 0 Å². The van der Waals surface area contributed by atoms with Crippen LogP contribution >= 0.6 is 0 Å². The summed E-state index contributed by atoms with van der Waals surface area (Å²) in [6.07, 6.45) is -0.317. The maximum Gasteiger partial charge on any atom is 0.335 e. The molecule has 0 amide bonds. The van der Waals surface area contributed by atoms with E-state index in [1.54, 1.807) is 6.08 Å². The molecule has 2 saturated heterocycles. The number of rotatable bonds is 8. The van der Waals surface area contributed by atoms with Gasteiger partial charge in [0.15, 0.2) is 18.0 Å². The third-order valence-electron chi connectivity index (χ3n) is 12.1. The van der Waals surface area contributed by atoms with Crippen LogP contribution in [-0.2, 0) is 33.3 Å². The van der Waals surface area contributed by atoms with E-state index in [-0.39, 0.29) is 54.6 Å². The number of aliphatic hydroxyl groups excluding tert-OH is 1. The first-order valence-corrected chi connectivity index (χ1v) is 16.4. The van der Waals surface area contributed by atoms with E-state index in [4.69, 9.17) is 23.7 Å². The first-order valence-electron chi connectivity index (χ1n) is 16.4. The Morgan fingerprint density at radius 1 is 1.18 bits per heavy atom. The number of aliphatic hydroxyl groups is 2. The van der Waals surface area contributed by atoms with Crippen molar-refractivity contribution in [3.63, 3.8) is 0 Å². The van der Waals surface area contributed by atoms with Gasteiger partial charge in [0.1, 0.15) is 12.2 Å². The zero-order chi connectivity index (χ0) is 32.7. The van der Waals surface area contributed by atoms with Crippen LogP contribution in [0.5, 0.6) is 0 Å². The normalized spacial score (nSPS) is 44.4. The molecule has 4 fully saturated rings. The lowest BCUT2D eigenvalue weighted by molar-refractivity contribution is -0.387. The average Bonchev–Trinajstić information content (AvgIpc) is 3.18. The molecule has 0 aromatic rings. The lowest BCUT2D eigenvalue weighted by Crippen LogP contribution is -2.78. The summed E-state index contributed by atoms with van der Waals surface area (Å²) < 4.78 is 31.8. The Kier molecular flexibility index (Phi) is 8.53. The van der Waals surface area contributed by atoms with Gasteiger partial charge >= 0.3 is 11.9 Å². The summed E-state index contributed by atoms with van der Waals surface area (Å²) in [7, 11) is 0. The van der Waals surface area contributed by atoms with Crippen LogP contribution in [0.15, 0.2) is 23.8 Å². The van der Waals surface area contributed by atoms with Crippen LogP contribution in [0, 0.1) is 40.4 Å². The first kappa shape index (κ1) is 33.6. The number of fused-ring (bicyclic) bond motifs is 3. The third kappa shape index (κ3) is 4.66. The topological polar surface area (TPSA) is 121 Å². The number of ether oxygens (including phenoxy) is 5. The van der Waals surface area contributed by atoms with Gasteiger partial charge in [0.2, 0.25) is 0 Å². The van der Waals surface area contributed by atoms with Crippen molar-refractivity contribution in [2.45, 2.75) is 137 Å². The maximum absolute atomic E-state index is 13.4. The highest BCUT2D eigenvalue weighted by Crippen LogP contribution is 2.71. The number of carbonyl (C=O) groups is 2. The van der Waals surface area contributed by atoms with E-state index in [0.29, 0.717) is 25.2 Å². The molecule has 2 N–H and O–H groups in total. The Bertz CT molecular complexity index is 1200. The molecule has 0 bridgehead atoms. The second kappa shape index (κ2) is 11.2. The predicted molar refractivity (Wildman–Crippen MR) is 163 cm³/mol. The van der Waals surface area contributed by atoms with Gasteiger partial charge in [-0.2, -0.15) is 0 Å². The zero-order valence-corrected chi connectivity index (χ0v) is 28.2. The smallest absolute Gasteiger partial charge is 0.335 e. The molecule has 0 aromatic carbocycles. The van der Waals surface area contributed by atoms with Gasteiger partial charge in [-0.25, -0.2) is 4.79 Å². The minimum absolute atomic E-state index is 0.215. The molecular formula is C35H54O9. The molecule has 9 heteroatoms. The molecule has 1 unspecified atom stereocenters. The zero-order valence-electron chi connectivity index (χ0n) is 28.2. The number of carbonyl (C=O) groups excluding carboxylic acids is 2. The highest BCUT2D eigenvalue weighted by Gasteiger charge is 2.78. The summed E-state index contributed by atoms with van der Waals surface area (Å²) in [5, 5.41) is 23.2. The molecule has 5 rings (SSSR count). The molecule has 3 aliphatic carbocycles. The third-order valence-corrected chi connectivity index (χ3v) is 12.1. The van der Waals surface area contributed by atoms with Crippen molar-refractivity contribution >= 4 is 11.9 Å². The quantitative estimate of drug-likeness (QED) is 0.294. The molecule has 248 valence electrons. The minimum atomic E-state index is -1.27. The lowest BCUT2D eigenvalue weighted by Gasteiger charge is -2.68. The molecule has 44 heavy (non-hydrogen) atoms. The molecule has 0 spiro atoms. The first-order chi connectivity index (χ1) is 20.4. The fraction of sp³-hybridized carbons (Fsp3) is 0.829. The second-order valence-corrected chi connectivity index (χ2v) is 15.6. The van der Waals surface area contributed by atoms with Gasteiger partial charge < -0.3 is 33.9 Å². The summed E-state index contributed by atoms with van der Waals surface area (Å²) in [5.74, 6) is -1.77. The molecule has 2 aliphatic heterocycles. The van der Waals surface area contributed by atoms with Crippen molar-refractivity contribution in [2.24, 2.45) is 40.4 Å². The van der Waals surface area contributed by atoms with Crippen LogP contribution in [0.1, 0.15) is 88.5 Å². The lowest BCUT2D eigenvalue weighted by atomic mass is 9.47.